The molecule has 25 heavy (non-hydrogen) atoms. The largest absolute Gasteiger partial charge is 0.355 e. The van der Waals surface area contributed by atoms with Crippen LogP contribution in [-0.4, -0.2) is 33.3 Å². The highest BCUT2D eigenvalue weighted by Gasteiger charge is 2.49. The van der Waals surface area contributed by atoms with E-state index < -0.39 is 5.41 Å². The van der Waals surface area contributed by atoms with Gasteiger partial charge in [-0.05, 0) is 37.0 Å². The molecule has 130 valence electrons. The molecule has 0 radical (unpaired) electrons. The lowest BCUT2D eigenvalue weighted by Crippen LogP contribution is -2.43. The van der Waals surface area contributed by atoms with Gasteiger partial charge in [0.05, 0.1) is 5.69 Å². The predicted octanol–water partition coefficient (Wildman–Crippen LogP) is 2.03. The first kappa shape index (κ1) is 17.0. The Morgan fingerprint density at radius 1 is 1.28 bits per heavy atom. The van der Waals surface area contributed by atoms with Crippen molar-refractivity contribution in [2.24, 2.45) is 11.3 Å². The summed E-state index contributed by atoms with van der Waals surface area (Å²) in [5.41, 5.74) is 0.509. The van der Waals surface area contributed by atoms with Crippen LogP contribution in [0.15, 0.2) is 36.8 Å². The molecule has 1 aliphatic heterocycles. The van der Waals surface area contributed by atoms with Crippen LogP contribution in [-0.2, 0) is 9.59 Å². The lowest BCUT2D eigenvalue weighted by atomic mass is 9.78. The number of nitrogens with one attached hydrogen (secondary N) is 2. The summed E-state index contributed by atoms with van der Waals surface area (Å²) in [4.78, 5) is 37.7. The highest BCUT2D eigenvalue weighted by atomic mass is 16.2. The minimum Gasteiger partial charge on any atom is -0.355 e. The molecular formula is C18H21N5O2. The first-order valence-electron chi connectivity index (χ1n) is 8.34. The number of rotatable bonds is 5. The van der Waals surface area contributed by atoms with E-state index in [9.17, 15) is 9.59 Å². The Balaban J connectivity index is 1.84. The van der Waals surface area contributed by atoms with E-state index in [0.717, 1.165) is 5.56 Å². The van der Waals surface area contributed by atoms with E-state index in [-0.39, 0.29) is 23.7 Å². The molecule has 1 unspecified atom stereocenters. The van der Waals surface area contributed by atoms with Crippen LogP contribution in [0.5, 0.6) is 0 Å². The maximum Gasteiger partial charge on any atom is 0.242 e. The molecule has 2 amide bonds. The SMILES string of the molecule is CC(C)CC1(C(=O)Nc2nccc(-c3ccncc3)n2)CCNC1=O. The summed E-state index contributed by atoms with van der Waals surface area (Å²) < 4.78 is 0. The smallest absolute Gasteiger partial charge is 0.242 e. The van der Waals surface area contributed by atoms with Gasteiger partial charge >= 0.3 is 0 Å². The van der Waals surface area contributed by atoms with Gasteiger partial charge in [0.1, 0.15) is 5.41 Å². The average molecular weight is 339 g/mol. The van der Waals surface area contributed by atoms with E-state index in [0.29, 0.717) is 25.1 Å². The zero-order chi connectivity index (χ0) is 17.9. The Kier molecular flexibility index (Phi) is 4.74. The molecule has 0 saturated carbocycles. The van der Waals surface area contributed by atoms with Crippen molar-refractivity contribution in [3.63, 3.8) is 0 Å². The van der Waals surface area contributed by atoms with Crippen LogP contribution in [0.1, 0.15) is 26.7 Å². The van der Waals surface area contributed by atoms with E-state index in [2.05, 4.69) is 25.6 Å². The van der Waals surface area contributed by atoms with Crippen molar-refractivity contribution in [1.29, 1.82) is 0 Å². The fourth-order valence-corrected chi connectivity index (χ4v) is 3.20. The molecule has 2 N–H and O–H groups in total. The van der Waals surface area contributed by atoms with Gasteiger partial charge in [0.2, 0.25) is 17.8 Å². The average Bonchev–Trinajstić information content (AvgIpc) is 2.97. The fourth-order valence-electron chi connectivity index (χ4n) is 3.20. The molecule has 1 fully saturated rings. The fraction of sp³-hybridized carbons (Fsp3) is 0.389. The number of carbonyl (C=O) groups is 2. The van der Waals surface area contributed by atoms with Gasteiger partial charge in [-0.3, -0.25) is 19.9 Å². The van der Waals surface area contributed by atoms with E-state index in [1.54, 1.807) is 24.7 Å². The Hall–Kier alpha value is -2.83. The topological polar surface area (TPSA) is 96.9 Å². The molecule has 3 heterocycles. The van der Waals surface area contributed by atoms with Crippen molar-refractivity contribution in [3.8, 4) is 11.3 Å². The molecule has 3 rings (SSSR count). The minimum atomic E-state index is -1.05. The number of carbonyl (C=O) groups excluding carboxylic acids is 2. The van der Waals surface area contributed by atoms with E-state index in [4.69, 9.17) is 0 Å². The van der Waals surface area contributed by atoms with Crippen LogP contribution >= 0.6 is 0 Å². The molecule has 0 aromatic carbocycles. The molecule has 1 atom stereocenters. The number of nitrogens with zero attached hydrogens (tertiary/aromatic N) is 3. The normalized spacial score (nSPS) is 19.7. The molecule has 2 aromatic heterocycles. The first-order valence-corrected chi connectivity index (χ1v) is 8.34. The maximum atomic E-state index is 12.9. The molecule has 7 heteroatoms. The molecule has 7 nitrogen and oxygen atoms in total. The van der Waals surface area contributed by atoms with Crippen LogP contribution < -0.4 is 10.6 Å². The van der Waals surface area contributed by atoms with Crippen LogP contribution in [0, 0.1) is 11.3 Å². The lowest BCUT2D eigenvalue weighted by molar-refractivity contribution is -0.138. The van der Waals surface area contributed by atoms with E-state index in [1.807, 2.05) is 26.0 Å². The van der Waals surface area contributed by atoms with Crippen molar-refractivity contribution >= 4 is 17.8 Å². The quantitative estimate of drug-likeness (QED) is 0.813. The van der Waals surface area contributed by atoms with Gasteiger partial charge < -0.3 is 5.32 Å². The standard InChI is InChI=1S/C18H21N5O2/c1-12(2)11-18(6-10-20-15(18)24)16(25)23-17-21-9-5-14(22-17)13-3-7-19-8-4-13/h3-5,7-9,12H,6,10-11H2,1-2H3,(H,20,24)(H,21,22,23,25). The van der Waals surface area contributed by atoms with Crippen molar-refractivity contribution in [2.45, 2.75) is 26.7 Å². The number of hydrogen-bond acceptors (Lipinski definition) is 5. The van der Waals surface area contributed by atoms with Gasteiger partial charge in [0.15, 0.2) is 0 Å². The zero-order valence-corrected chi connectivity index (χ0v) is 14.3. The highest BCUT2D eigenvalue weighted by molar-refractivity contribution is 6.11. The van der Waals surface area contributed by atoms with Gasteiger partial charge in [0, 0.05) is 30.7 Å². The molecule has 0 spiro atoms. The van der Waals surface area contributed by atoms with Crippen molar-refractivity contribution in [3.05, 3.63) is 36.8 Å². The zero-order valence-electron chi connectivity index (χ0n) is 14.3. The summed E-state index contributed by atoms with van der Waals surface area (Å²) >= 11 is 0. The second-order valence-electron chi connectivity index (χ2n) is 6.64. The van der Waals surface area contributed by atoms with Crippen LogP contribution in [0.4, 0.5) is 5.95 Å². The van der Waals surface area contributed by atoms with Gasteiger partial charge in [-0.15, -0.1) is 0 Å². The summed E-state index contributed by atoms with van der Waals surface area (Å²) in [5, 5.41) is 5.51. The highest BCUT2D eigenvalue weighted by Crippen LogP contribution is 2.35. The predicted molar refractivity (Wildman–Crippen MR) is 93.4 cm³/mol. The number of amides is 2. The van der Waals surface area contributed by atoms with Gasteiger partial charge in [-0.2, -0.15) is 0 Å². The Labute approximate surface area is 146 Å². The van der Waals surface area contributed by atoms with Crippen LogP contribution in [0.25, 0.3) is 11.3 Å². The summed E-state index contributed by atoms with van der Waals surface area (Å²) in [6.07, 6.45) is 5.92. The number of hydrogen-bond donors (Lipinski definition) is 2. The lowest BCUT2D eigenvalue weighted by Gasteiger charge is -2.26. The Morgan fingerprint density at radius 2 is 2.04 bits per heavy atom. The summed E-state index contributed by atoms with van der Waals surface area (Å²) in [5.74, 6) is -0.145. The molecule has 1 saturated heterocycles. The third-order valence-corrected chi connectivity index (χ3v) is 4.32. The molecule has 2 aromatic rings. The van der Waals surface area contributed by atoms with Crippen molar-refractivity contribution in [2.75, 3.05) is 11.9 Å². The monoisotopic (exact) mass is 339 g/mol. The second kappa shape index (κ2) is 6.96. The van der Waals surface area contributed by atoms with Crippen LogP contribution in [0.2, 0.25) is 0 Å². The van der Waals surface area contributed by atoms with Crippen molar-refractivity contribution < 1.29 is 9.59 Å². The summed E-state index contributed by atoms with van der Waals surface area (Å²) in [7, 11) is 0. The minimum absolute atomic E-state index is 0.196. The third-order valence-electron chi connectivity index (χ3n) is 4.32. The molecule has 1 aliphatic rings. The van der Waals surface area contributed by atoms with E-state index >= 15 is 0 Å². The summed E-state index contributed by atoms with van der Waals surface area (Å²) in [6.45, 7) is 4.51. The Bertz CT molecular complexity index is 778. The van der Waals surface area contributed by atoms with Gasteiger partial charge in [-0.1, -0.05) is 13.8 Å². The molecular weight excluding hydrogens is 318 g/mol. The second-order valence-corrected chi connectivity index (χ2v) is 6.64. The van der Waals surface area contributed by atoms with Gasteiger partial charge in [0.25, 0.3) is 0 Å². The third kappa shape index (κ3) is 3.50. The first-order chi connectivity index (χ1) is 12.0. The van der Waals surface area contributed by atoms with E-state index in [1.165, 1.54) is 0 Å². The number of pyridine rings is 1. The summed E-state index contributed by atoms with van der Waals surface area (Å²) in [6, 6.07) is 5.42. The number of aromatic nitrogens is 3. The van der Waals surface area contributed by atoms with Crippen molar-refractivity contribution in [1.82, 2.24) is 20.3 Å². The van der Waals surface area contributed by atoms with Gasteiger partial charge in [-0.25, -0.2) is 9.97 Å². The maximum absolute atomic E-state index is 12.9. The van der Waals surface area contributed by atoms with Crippen LogP contribution in [0.3, 0.4) is 0 Å². The molecule has 0 bridgehead atoms. The molecule has 0 aliphatic carbocycles. The number of anilines is 1. The Morgan fingerprint density at radius 3 is 2.68 bits per heavy atom.